The van der Waals surface area contributed by atoms with E-state index < -0.39 is 0 Å². The molecular formula is C14H20ClN3OS. The summed E-state index contributed by atoms with van der Waals surface area (Å²) in [6, 6.07) is 5.16. The van der Waals surface area contributed by atoms with Crippen molar-refractivity contribution in [2.45, 2.75) is 33.2 Å². The third kappa shape index (κ3) is 4.98. The van der Waals surface area contributed by atoms with Gasteiger partial charge >= 0.3 is 0 Å². The van der Waals surface area contributed by atoms with Gasteiger partial charge in [-0.2, -0.15) is 0 Å². The van der Waals surface area contributed by atoms with Crippen molar-refractivity contribution in [3.63, 3.8) is 0 Å². The smallest absolute Gasteiger partial charge is 0.242 e. The van der Waals surface area contributed by atoms with Gasteiger partial charge in [0.2, 0.25) is 5.91 Å². The molecule has 4 nitrogen and oxygen atoms in total. The van der Waals surface area contributed by atoms with Crippen molar-refractivity contribution >= 4 is 40.5 Å². The Morgan fingerprint density at radius 1 is 1.45 bits per heavy atom. The molecule has 0 saturated carbocycles. The Kier molecular flexibility index (Phi) is 6.75. The number of carbonyl (C=O) groups is 1. The van der Waals surface area contributed by atoms with Gasteiger partial charge in [0.15, 0.2) is 5.11 Å². The highest BCUT2D eigenvalue weighted by Gasteiger charge is 2.13. The monoisotopic (exact) mass is 313 g/mol. The summed E-state index contributed by atoms with van der Waals surface area (Å²) in [4.78, 5) is 11.7. The number of halogens is 1. The Hall–Kier alpha value is -1.33. The van der Waals surface area contributed by atoms with E-state index in [0.29, 0.717) is 16.7 Å². The molecule has 3 N–H and O–H groups in total. The van der Waals surface area contributed by atoms with E-state index in [1.54, 1.807) is 6.92 Å². The van der Waals surface area contributed by atoms with Gasteiger partial charge in [-0.05, 0) is 50.2 Å². The van der Waals surface area contributed by atoms with Crippen LogP contribution in [0.15, 0.2) is 18.2 Å². The Morgan fingerprint density at radius 2 is 2.15 bits per heavy atom. The summed E-state index contributed by atoms with van der Waals surface area (Å²) < 4.78 is 0. The molecule has 0 radical (unpaired) electrons. The number of thiocarbonyl (C=S) groups is 1. The fourth-order valence-electron chi connectivity index (χ4n) is 1.56. The summed E-state index contributed by atoms with van der Waals surface area (Å²) in [7, 11) is 0. The molecule has 1 aromatic carbocycles. The quantitative estimate of drug-likeness (QED) is 0.732. The van der Waals surface area contributed by atoms with Crippen molar-refractivity contribution in [3.8, 4) is 0 Å². The molecule has 0 aliphatic rings. The summed E-state index contributed by atoms with van der Waals surface area (Å²) in [5, 5.41) is 9.88. The minimum Gasteiger partial charge on any atom is -0.354 e. The second kappa shape index (κ2) is 8.07. The molecule has 110 valence electrons. The molecule has 0 aromatic heterocycles. The summed E-state index contributed by atoms with van der Waals surface area (Å²) in [6.45, 7) is 6.35. The van der Waals surface area contributed by atoms with E-state index in [1.807, 2.05) is 32.0 Å². The van der Waals surface area contributed by atoms with E-state index in [4.69, 9.17) is 23.8 Å². The molecule has 0 spiro atoms. The normalized spacial score (nSPS) is 11.6. The number of hydrogen-bond donors (Lipinski definition) is 3. The van der Waals surface area contributed by atoms with Crippen LogP contribution in [0.25, 0.3) is 0 Å². The topological polar surface area (TPSA) is 53.2 Å². The Morgan fingerprint density at radius 3 is 2.80 bits per heavy atom. The number of hydrogen-bond acceptors (Lipinski definition) is 2. The van der Waals surface area contributed by atoms with Crippen molar-refractivity contribution in [3.05, 3.63) is 28.8 Å². The summed E-state index contributed by atoms with van der Waals surface area (Å²) in [5.41, 5.74) is 1.75. The zero-order chi connectivity index (χ0) is 15.1. The molecule has 6 heteroatoms. The van der Waals surface area contributed by atoms with Gasteiger partial charge in [-0.1, -0.05) is 24.6 Å². The Bertz CT molecular complexity index is 493. The van der Waals surface area contributed by atoms with Crippen LogP contribution in [0.1, 0.15) is 25.8 Å². The van der Waals surface area contributed by atoms with Crippen LogP contribution >= 0.6 is 23.8 Å². The van der Waals surface area contributed by atoms with Crippen LogP contribution in [-0.4, -0.2) is 23.6 Å². The zero-order valence-electron chi connectivity index (χ0n) is 11.9. The van der Waals surface area contributed by atoms with E-state index in [1.165, 1.54) is 0 Å². The lowest BCUT2D eigenvalue weighted by molar-refractivity contribution is -0.122. The van der Waals surface area contributed by atoms with Crippen LogP contribution < -0.4 is 16.0 Å². The summed E-state index contributed by atoms with van der Waals surface area (Å²) in [5.74, 6) is -0.0705. The summed E-state index contributed by atoms with van der Waals surface area (Å²) in [6.07, 6.45) is 0.906. The molecule has 0 aliphatic heterocycles. The molecule has 0 aliphatic carbocycles. The van der Waals surface area contributed by atoms with Crippen molar-refractivity contribution in [2.24, 2.45) is 0 Å². The van der Waals surface area contributed by atoms with Crippen LogP contribution in [0.3, 0.4) is 0 Å². The maximum Gasteiger partial charge on any atom is 0.242 e. The molecule has 0 saturated heterocycles. The van der Waals surface area contributed by atoms with Crippen molar-refractivity contribution in [2.75, 3.05) is 11.9 Å². The zero-order valence-corrected chi connectivity index (χ0v) is 13.5. The average molecular weight is 314 g/mol. The van der Waals surface area contributed by atoms with Crippen LogP contribution in [-0.2, 0) is 4.79 Å². The van der Waals surface area contributed by atoms with Gasteiger partial charge < -0.3 is 16.0 Å². The van der Waals surface area contributed by atoms with E-state index in [-0.39, 0.29) is 11.9 Å². The molecule has 0 unspecified atom stereocenters. The first-order valence-electron chi connectivity index (χ1n) is 6.56. The number of rotatable bonds is 5. The molecule has 0 heterocycles. The number of benzene rings is 1. The lowest BCUT2D eigenvalue weighted by Crippen LogP contribution is -2.46. The predicted octanol–water partition coefficient (Wildman–Crippen LogP) is 2.85. The number of amides is 1. The Labute approximate surface area is 130 Å². The third-order valence-corrected chi connectivity index (χ3v) is 3.44. The highest BCUT2D eigenvalue weighted by molar-refractivity contribution is 7.80. The highest BCUT2D eigenvalue weighted by Crippen LogP contribution is 2.22. The lowest BCUT2D eigenvalue weighted by atomic mass is 10.2. The van der Waals surface area contributed by atoms with Gasteiger partial charge in [0.1, 0.15) is 6.04 Å². The molecule has 1 amide bonds. The van der Waals surface area contributed by atoms with Gasteiger partial charge in [-0.3, -0.25) is 4.79 Å². The average Bonchev–Trinajstić information content (AvgIpc) is 2.41. The fourth-order valence-corrected chi connectivity index (χ4v) is 2.03. The fraction of sp³-hybridized carbons (Fsp3) is 0.429. The lowest BCUT2D eigenvalue weighted by Gasteiger charge is -2.17. The van der Waals surface area contributed by atoms with E-state index in [9.17, 15) is 4.79 Å². The van der Waals surface area contributed by atoms with Gasteiger partial charge in [-0.15, -0.1) is 0 Å². The standard InChI is InChI=1S/C14H20ClN3OS/c1-4-8-16-13(19)10(3)17-14(20)18-12-7-5-6-11(15)9(12)2/h5-7,10H,4,8H2,1-3H3,(H,16,19)(H2,17,18,20)/t10-/m1/s1. The SMILES string of the molecule is CCCNC(=O)[C@@H](C)NC(=S)Nc1cccc(Cl)c1C. The van der Waals surface area contributed by atoms with Crippen molar-refractivity contribution in [1.82, 2.24) is 10.6 Å². The summed E-state index contributed by atoms with van der Waals surface area (Å²) >= 11 is 11.2. The van der Waals surface area contributed by atoms with E-state index in [0.717, 1.165) is 17.7 Å². The molecular weight excluding hydrogens is 294 g/mol. The first-order chi connectivity index (χ1) is 9.45. The first kappa shape index (κ1) is 16.7. The first-order valence-corrected chi connectivity index (χ1v) is 7.34. The Balaban J connectivity index is 2.55. The number of nitrogens with one attached hydrogen (secondary N) is 3. The largest absolute Gasteiger partial charge is 0.354 e. The van der Waals surface area contributed by atoms with Gasteiger partial charge in [0, 0.05) is 17.3 Å². The molecule has 1 atom stereocenters. The minimum absolute atomic E-state index is 0.0705. The van der Waals surface area contributed by atoms with Gasteiger partial charge in [-0.25, -0.2) is 0 Å². The second-order valence-electron chi connectivity index (χ2n) is 4.52. The minimum atomic E-state index is -0.388. The molecule has 0 fully saturated rings. The second-order valence-corrected chi connectivity index (χ2v) is 5.34. The van der Waals surface area contributed by atoms with Gasteiger partial charge in [0.05, 0.1) is 0 Å². The maximum atomic E-state index is 11.7. The molecule has 0 bridgehead atoms. The van der Waals surface area contributed by atoms with Crippen molar-refractivity contribution < 1.29 is 4.79 Å². The molecule has 20 heavy (non-hydrogen) atoms. The van der Waals surface area contributed by atoms with E-state index >= 15 is 0 Å². The molecule has 1 aromatic rings. The van der Waals surface area contributed by atoms with Crippen LogP contribution in [0, 0.1) is 6.92 Å². The third-order valence-electron chi connectivity index (χ3n) is 2.81. The maximum absolute atomic E-state index is 11.7. The van der Waals surface area contributed by atoms with Gasteiger partial charge in [0.25, 0.3) is 0 Å². The predicted molar refractivity (Wildman–Crippen MR) is 88.3 cm³/mol. The van der Waals surface area contributed by atoms with Crippen LogP contribution in [0.4, 0.5) is 5.69 Å². The molecule has 1 rings (SSSR count). The van der Waals surface area contributed by atoms with E-state index in [2.05, 4.69) is 16.0 Å². The number of anilines is 1. The number of carbonyl (C=O) groups excluding carboxylic acids is 1. The highest BCUT2D eigenvalue weighted by atomic mass is 35.5. The van der Waals surface area contributed by atoms with Crippen molar-refractivity contribution in [1.29, 1.82) is 0 Å². The van der Waals surface area contributed by atoms with Crippen LogP contribution in [0.2, 0.25) is 5.02 Å². The van der Waals surface area contributed by atoms with Crippen LogP contribution in [0.5, 0.6) is 0 Å².